The van der Waals surface area contributed by atoms with Gasteiger partial charge >= 0.3 is 0 Å². The van der Waals surface area contributed by atoms with Crippen LogP contribution in [-0.2, 0) is 5.41 Å². The van der Waals surface area contributed by atoms with E-state index in [4.69, 9.17) is 4.42 Å². The zero-order chi connectivity index (χ0) is 36.4. The Kier molecular flexibility index (Phi) is 6.34. The van der Waals surface area contributed by atoms with Crippen LogP contribution in [0.2, 0.25) is 0 Å². The Morgan fingerprint density at radius 3 is 1.75 bits per heavy atom. The normalized spacial score (nSPS) is 13.4. The molecule has 0 amide bonds. The predicted octanol–water partition coefficient (Wildman–Crippen LogP) is 15.6. The van der Waals surface area contributed by atoms with Gasteiger partial charge in [-0.1, -0.05) is 141 Å². The first-order valence-corrected chi connectivity index (χ1v) is 19.9. The molecule has 11 aromatic rings. The van der Waals surface area contributed by atoms with Gasteiger partial charge in [-0.05, 0) is 120 Å². The summed E-state index contributed by atoms with van der Waals surface area (Å²) in [7, 11) is 0. The molecule has 1 nitrogen and oxygen atoms in total. The zero-order valence-electron chi connectivity index (χ0n) is 30.5. The van der Waals surface area contributed by atoms with Gasteiger partial charge in [0, 0.05) is 36.4 Å². The van der Waals surface area contributed by atoms with Crippen molar-refractivity contribution in [2.45, 2.75) is 19.3 Å². The summed E-state index contributed by atoms with van der Waals surface area (Å²) in [5.41, 5.74) is 14.5. The van der Waals surface area contributed by atoms with E-state index in [1.165, 1.54) is 91.8 Å². The van der Waals surface area contributed by atoms with E-state index in [-0.39, 0.29) is 5.41 Å². The summed E-state index contributed by atoms with van der Waals surface area (Å²) in [6.07, 6.45) is 0. The van der Waals surface area contributed by atoms with Crippen LogP contribution in [0.3, 0.4) is 0 Å². The molecule has 0 radical (unpaired) electrons. The molecular weight excluding hydrogens is 685 g/mol. The second-order valence-corrected chi connectivity index (χ2v) is 16.7. The molecule has 55 heavy (non-hydrogen) atoms. The van der Waals surface area contributed by atoms with E-state index in [9.17, 15) is 0 Å². The van der Waals surface area contributed by atoms with Crippen molar-refractivity contribution in [1.82, 2.24) is 0 Å². The minimum Gasteiger partial charge on any atom is -0.456 e. The molecule has 2 heteroatoms. The van der Waals surface area contributed by atoms with Crippen LogP contribution >= 0.6 is 11.3 Å². The smallest absolute Gasteiger partial charge is 0.136 e. The van der Waals surface area contributed by atoms with Crippen molar-refractivity contribution in [3.63, 3.8) is 0 Å². The number of furan rings is 1. The maximum atomic E-state index is 6.73. The molecule has 1 aliphatic rings. The van der Waals surface area contributed by atoms with Crippen molar-refractivity contribution in [1.29, 1.82) is 0 Å². The second-order valence-electron chi connectivity index (χ2n) is 15.6. The highest BCUT2D eigenvalue weighted by Crippen LogP contribution is 2.52. The first-order chi connectivity index (χ1) is 27.0. The van der Waals surface area contributed by atoms with Crippen LogP contribution in [0.25, 0.3) is 108 Å². The number of rotatable bonds is 3. The van der Waals surface area contributed by atoms with Gasteiger partial charge in [0.15, 0.2) is 0 Å². The maximum Gasteiger partial charge on any atom is 0.136 e. The predicted molar refractivity (Wildman–Crippen MR) is 235 cm³/mol. The third-order valence-electron chi connectivity index (χ3n) is 12.3. The van der Waals surface area contributed by atoms with Gasteiger partial charge < -0.3 is 4.42 Å². The molecule has 9 aromatic carbocycles. The molecule has 0 saturated heterocycles. The Labute approximate surface area is 322 Å². The van der Waals surface area contributed by atoms with Crippen LogP contribution in [0.4, 0.5) is 0 Å². The third-order valence-corrected chi connectivity index (χ3v) is 13.4. The van der Waals surface area contributed by atoms with Crippen LogP contribution in [0, 0.1) is 0 Å². The Morgan fingerprint density at radius 1 is 0.382 bits per heavy atom. The van der Waals surface area contributed by atoms with Gasteiger partial charge in [-0.15, -0.1) is 11.3 Å². The quantitative estimate of drug-likeness (QED) is 0.166. The van der Waals surface area contributed by atoms with E-state index in [1.807, 2.05) is 11.3 Å². The Bertz CT molecular complexity index is 3350. The molecule has 0 spiro atoms. The fraction of sp³-hybridized carbons (Fsp3) is 0.0566. The second kappa shape index (κ2) is 11.3. The lowest BCUT2D eigenvalue weighted by molar-refractivity contribution is 0.660. The molecule has 0 aliphatic heterocycles. The molecule has 0 unspecified atom stereocenters. The highest BCUT2D eigenvalue weighted by molar-refractivity contribution is 7.25. The van der Waals surface area contributed by atoms with Gasteiger partial charge in [0.2, 0.25) is 0 Å². The first-order valence-electron chi connectivity index (χ1n) is 19.1. The SMILES string of the molecule is CC1(C)c2ccccc2-c2cc(-c3c4ccccc4c(-c4cc(-c5ccc6sc7ccccc7c6c5)cc5oc6ccccc6c45)c4ccccc34)ccc21. The molecular formula is C53H34OS. The summed E-state index contributed by atoms with van der Waals surface area (Å²) in [6, 6.07) is 62.9. The van der Waals surface area contributed by atoms with E-state index in [2.05, 4.69) is 184 Å². The van der Waals surface area contributed by atoms with E-state index in [1.54, 1.807) is 0 Å². The molecule has 0 fully saturated rings. The third kappa shape index (κ3) is 4.35. The number of fused-ring (bicyclic) bond motifs is 11. The van der Waals surface area contributed by atoms with Gasteiger partial charge in [-0.25, -0.2) is 0 Å². The van der Waals surface area contributed by atoms with Crippen molar-refractivity contribution in [3.05, 3.63) is 181 Å². The fourth-order valence-electron chi connectivity index (χ4n) is 9.73. The van der Waals surface area contributed by atoms with Crippen molar-refractivity contribution in [3.8, 4) is 44.5 Å². The molecule has 0 N–H and O–H groups in total. The highest BCUT2D eigenvalue weighted by atomic mass is 32.1. The molecule has 258 valence electrons. The topological polar surface area (TPSA) is 13.1 Å². The summed E-state index contributed by atoms with van der Waals surface area (Å²) in [6.45, 7) is 4.71. The Balaban J connectivity index is 1.17. The van der Waals surface area contributed by atoms with Crippen LogP contribution in [0.15, 0.2) is 174 Å². The highest BCUT2D eigenvalue weighted by Gasteiger charge is 2.35. The average molecular weight is 719 g/mol. The van der Waals surface area contributed by atoms with Crippen LogP contribution < -0.4 is 0 Å². The number of benzene rings is 9. The number of hydrogen-bond donors (Lipinski definition) is 0. The summed E-state index contributed by atoms with van der Waals surface area (Å²) in [5, 5.41) is 9.86. The zero-order valence-corrected chi connectivity index (χ0v) is 31.3. The first kappa shape index (κ1) is 30.9. The molecule has 12 rings (SSSR count). The maximum absolute atomic E-state index is 6.73. The van der Waals surface area contributed by atoms with Gasteiger partial charge in [0.1, 0.15) is 11.2 Å². The molecule has 2 heterocycles. The summed E-state index contributed by atoms with van der Waals surface area (Å²) in [5.74, 6) is 0. The number of para-hydroxylation sites is 1. The summed E-state index contributed by atoms with van der Waals surface area (Å²) >= 11 is 1.86. The minimum atomic E-state index is -0.0384. The van der Waals surface area contributed by atoms with Crippen LogP contribution in [0.1, 0.15) is 25.0 Å². The van der Waals surface area contributed by atoms with E-state index >= 15 is 0 Å². The van der Waals surface area contributed by atoms with Crippen molar-refractivity contribution >= 4 is 75.0 Å². The van der Waals surface area contributed by atoms with Crippen molar-refractivity contribution in [2.24, 2.45) is 0 Å². The Hall–Kier alpha value is -6.48. The van der Waals surface area contributed by atoms with Gasteiger partial charge in [0.25, 0.3) is 0 Å². The molecule has 1 aliphatic carbocycles. The van der Waals surface area contributed by atoms with Crippen molar-refractivity contribution in [2.75, 3.05) is 0 Å². The molecule has 0 atom stereocenters. The van der Waals surface area contributed by atoms with Gasteiger partial charge in [0.05, 0.1) is 0 Å². The molecule has 0 saturated carbocycles. The number of hydrogen-bond acceptors (Lipinski definition) is 2. The van der Waals surface area contributed by atoms with Crippen molar-refractivity contribution < 1.29 is 4.42 Å². The molecule has 0 bridgehead atoms. The summed E-state index contributed by atoms with van der Waals surface area (Å²) < 4.78 is 9.35. The minimum absolute atomic E-state index is 0.0384. The molecule has 2 aromatic heterocycles. The summed E-state index contributed by atoms with van der Waals surface area (Å²) in [4.78, 5) is 0. The number of thiophene rings is 1. The lowest BCUT2D eigenvalue weighted by Gasteiger charge is -2.22. The van der Waals surface area contributed by atoms with E-state index < -0.39 is 0 Å². The van der Waals surface area contributed by atoms with E-state index in [0.29, 0.717) is 0 Å². The monoisotopic (exact) mass is 718 g/mol. The van der Waals surface area contributed by atoms with Crippen LogP contribution in [0.5, 0.6) is 0 Å². The van der Waals surface area contributed by atoms with Crippen LogP contribution in [-0.4, -0.2) is 0 Å². The standard InChI is InChI=1S/C53H34OS/c1-53(2)44-20-10-7-13-34(44)41-28-32(23-25-45(41)53)50-36-15-3-5-17-38(36)51(39-18-6-4-16-37(39)50)43-29-33(30-47-52(43)40-19-8-11-21-46(40)54-47)31-24-26-49-42(27-31)35-14-9-12-22-48(35)55-49/h3-30H,1-2H3. The van der Waals surface area contributed by atoms with Gasteiger partial charge in [-0.2, -0.15) is 0 Å². The lowest BCUT2D eigenvalue weighted by atomic mass is 9.81. The largest absolute Gasteiger partial charge is 0.456 e. The van der Waals surface area contributed by atoms with E-state index in [0.717, 1.165) is 27.5 Å². The fourth-order valence-corrected chi connectivity index (χ4v) is 10.8. The average Bonchev–Trinajstić information content (AvgIpc) is 3.87. The van der Waals surface area contributed by atoms with Gasteiger partial charge in [-0.3, -0.25) is 0 Å². The Morgan fingerprint density at radius 2 is 0.964 bits per heavy atom. The lowest BCUT2D eigenvalue weighted by Crippen LogP contribution is -2.14.